The molecule has 9 rings (SSSR count). The normalized spacial score (nSPS) is 15.1. The molecule has 0 saturated carbocycles. The summed E-state index contributed by atoms with van der Waals surface area (Å²) in [7, 11) is 0. The summed E-state index contributed by atoms with van der Waals surface area (Å²) in [5.74, 6) is 0. The zero-order valence-electron chi connectivity index (χ0n) is 25.2. The summed E-state index contributed by atoms with van der Waals surface area (Å²) in [5.41, 5.74) is 10.5. The number of benzene rings is 5. The zero-order valence-corrected chi connectivity index (χ0v) is 26.8. The molecule has 4 heterocycles. The van der Waals surface area contributed by atoms with Crippen LogP contribution in [0.5, 0.6) is 0 Å². The van der Waals surface area contributed by atoms with Crippen molar-refractivity contribution in [3.05, 3.63) is 156 Å². The lowest BCUT2D eigenvalue weighted by Crippen LogP contribution is -2.18. The van der Waals surface area contributed by atoms with Gasteiger partial charge < -0.3 is 5.32 Å². The Hall–Kier alpha value is -5.44. The smallest absolute Gasteiger partial charge is 0.207 e. The van der Waals surface area contributed by atoms with Crippen LogP contribution in [0.2, 0.25) is 0 Å². The third-order valence-electron chi connectivity index (χ3n) is 8.53. The van der Waals surface area contributed by atoms with Crippen LogP contribution in [0.4, 0.5) is 16.5 Å². The Morgan fingerprint density at radius 3 is 2.19 bits per heavy atom. The highest BCUT2D eigenvalue weighted by molar-refractivity contribution is 7.99. The molecule has 1 unspecified atom stereocenters. The molecule has 5 aromatic carbocycles. The van der Waals surface area contributed by atoms with E-state index in [0.717, 1.165) is 61.5 Å². The molecule has 8 heteroatoms. The second kappa shape index (κ2) is 11.7. The standard InChI is InChI=1S/C39H28N6S2/c1-4-12-26(13-5-1)34-25-46-39(41-34)45-35(30-24-44(29-16-8-3-9-17-29)43-38(30)27-14-6-2-7-15-27)23-32(42-45)28-20-21-37-33(22-28)40-31-18-10-11-19-36(31)47-37/h1-22,24-25,35,40H,23H2. The number of hydrazone groups is 1. The van der Waals surface area contributed by atoms with Crippen LogP contribution in [0.3, 0.4) is 0 Å². The van der Waals surface area contributed by atoms with Crippen LogP contribution in [0.1, 0.15) is 23.6 Å². The van der Waals surface area contributed by atoms with Crippen molar-refractivity contribution in [3.63, 3.8) is 0 Å². The van der Waals surface area contributed by atoms with Crippen molar-refractivity contribution < 1.29 is 0 Å². The van der Waals surface area contributed by atoms with Crippen LogP contribution in [0.25, 0.3) is 28.2 Å². The van der Waals surface area contributed by atoms with Gasteiger partial charge in [-0.05, 0) is 42.0 Å². The fourth-order valence-electron chi connectivity index (χ4n) is 6.20. The summed E-state index contributed by atoms with van der Waals surface area (Å²) in [4.78, 5) is 7.57. The summed E-state index contributed by atoms with van der Waals surface area (Å²) in [6, 6.07) is 46.0. The van der Waals surface area contributed by atoms with Gasteiger partial charge in [0.2, 0.25) is 5.13 Å². The van der Waals surface area contributed by atoms with Crippen molar-refractivity contribution in [2.75, 3.05) is 10.3 Å². The summed E-state index contributed by atoms with van der Waals surface area (Å²) < 4.78 is 1.99. The van der Waals surface area contributed by atoms with Crippen molar-refractivity contribution in [2.24, 2.45) is 5.10 Å². The number of aromatic nitrogens is 3. The largest absolute Gasteiger partial charge is 0.354 e. The van der Waals surface area contributed by atoms with Gasteiger partial charge in [0.05, 0.1) is 40.2 Å². The SMILES string of the molecule is c1ccc(-c2csc(N3N=C(c4ccc5c(c4)Nc4ccccc4S5)CC3c3cn(-c4ccccc4)nc3-c3ccccc3)n2)cc1. The van der Waals surface area contributed by atoms with Gasteiger partial charge in [0.25, 0.3) is 0 Å². The number of thiazole rings is 1. The topological polar surface area (TPSA) is 58.3 Å². The van der Waals surface area contributed by atoms with Gasteiger partial charge in [-0.25, -0.2) is 14.7 Å². The number of anilines is 3. The molecule has 0 saturated heterocycles. The van der Waals surface area contributed by atoms with Gasteiger partial charge in [-0.2, -0.15) is 10.2 Å². The molecule has 2 aliphatic heterocycles. The molecule has 0 radical (unpaired) electrons. The Balaban J connectivity index is 1.15. The lowest BCUT2D eigenvalue weighted by molar-refractivity contribution is 0.707. The molecular weight excluding hydrogens is 617 g/mol. The molecule has 6 nitrogen and oxygen atoms in total. The first-order valence-electron chi connectivity index (χ1n) is 15.5. The zero-order chi connectivity index (χ0) is 31.2. The molecule has 2 aromatic heterocycles. The number of para-hydroxylation sites is 2. The summed E-state index contributed by atoms with van der Waals surface area (Å²) in [6.45, 7) is 0. The number of fused-ring (bicyclic) bond motifs is 2. The van der Waals surface area contributed by atoms with Gasteiger partial charge in [0.1, 0.15) is 0 Å². The minimum absolute atomic E-state index is 0.105. The second-order valence-corrected chi connectivity index (χ2v) is 13.4. The maximum Gasteiger partial charge on any atom is 0.207 e. The first-order chi connectivity index (χ1) is 23.3. The molecule has 226 valence electrons. The molecule has 0 amide bonds. The highest BCUT2D eigenvalue weighted by Crippen LogP contribution is 2.46. The first kappa shape index (κ1) is 27.8. The monoisotopic (exact) mass is 644 g/mol. The van der Waals surface area contributed by atoms with Gasteiger partial charge in [0, 0.05) is 44.5 Å². The van der Waals surface area contributed by atoms with Gasteiger partial charge >= 0.3 is 0 Å². The maximum absolute atomic E-state index is 5.33. The van der Waals surface area contributed by atoms with Crippen molar-refractivity contribution in [3.8, 4) is 28.2 Å². The second-order valence-electron chi connectivity index (χ2n) is 11.5. The molecule has 1 N–H and O–H groups in total. The average Bonchev–Trinajstić information content (AvgIpc) is 3.91. The van der Waals surface area contributed by atoms with Gasteiger partial charge in [-0.1, -0.05) is 109 Å². The van der Waals surface area contributed by atoms with Crippen molar-refractivity contribution >= 4 is 45.3 Å². The Morgan fingerprint density at radius 2 is 1.38 bits per heavy atom. The van der Waals surface area contributed by atoms with E-state index >= 15 is 0 Å². The van der Waals surface area contributed by atoms with E-state index in [4.69, 9.17) is 15.2 Å². The molecular formula is C39H28N6S2. The predicted molar refractivity (Wildman–Crippen MR) is 193 cm³/mol. The van der Waals surface area contributed by atoms with Crippen LogP contribution in [-0.4, -0.2) is 20.5 Å². The van der Waals surface area contributed by atoms with E-state index in [1.807, 2.05) is 47.1 Å². The lowest BCUT2D eigenvalue weighted by atomic mass is 9.96. The van der Waals surface area contributed by atoms with Crippen LogP contribution >= 0.6 is 23.1 Å². The number of nitrogens with zero attached hydrogens (tertiary/aromatic N) is 5. The molecule has 2 aliphatic rings. The summed E-state index contributed by atoms with van der Waals surface area (Å²) in [5, 5.41) is 19.2. The third kappa shape index (κ3) is 5.21. The molecule has 0 bridgehead atoms. The van der Waals surface area contributed by atoms with Gasteiger partial charge in [-0.15, -0.1) is 11.3 Å². The molecule has 47 heavy (non-hydrogen) atoms. The number of hydrogen-bond acceptors (Lipinski definition) is 7. The van der Waals surface area contributed by atoms with Crippen molar-refractivity contribution in [1.29, 1.82) is 0 Å². The van der Waals surface area contributed by atoms with Crippen molar-refractivity contribution in [2.45, 2.75) is 22.3 Å². The van der Waals surface area contributed by atoms with Crippen LogP contribution < -0.4 is 10.3 Å². The van der Waals surface area contributed by atoms with E-state index in [1.165, 1.54) is 9.79 Å². The highest BCUT2D eigenvalue weighted by Gasteiger charge is 2.35. The average molecular weight is 645 g/mol. The molecule has 7 aromatic rings. The van der Waals surface area contributed by atoms with E-state index < -0.39 is 0 Å². The quantitative estimate of drug-likeness (QED) is 0.195. The number of hydrogen-bond donors (Lipinski definition) is 1. The molecule has 0 aliphatic carbocycles. The van der Waals surface area contributed by atoms with E-state index in [-0.39, 0.29) is 6.04 Å². The minimum atomic E-state index is -0.105. The van der Waals surface area contributed by atoms with Crippen molar-refractivity contribution in [1.82, 2.24) is 14.8 Å². The Labute approximate surface area is 281 Å². The molecule has 0 spiro atoms. The number of nitrogens with one attached hydrogen (secondary N) is 1. The number of rotatable bonds is 6. The molecule has 1 atom stereocenters. The van der Waals surface area contributed by atoms with Gasteiger partial charge in [-0.3, -0.25) is 0 Å². The van der Waals surface area contributed by atoms with Crippen LogP contribution in [0, 0.1) is 0 Å². The summed E-state index contributed by atoms with van der Waals surface area (Å²) in [6.07, 6.45) is 2.88. The minimum Gasteiger partial charge on any atom is -0.354 e. The lowest BCUT2D eigenvalue weighted by Gasteiger charge is -2.21. The van der Waals surface area contributed by atoms with Crippen LogP contribution in [0.15, 0.2) is 160 Å². The highest BCUT2D eigenvalue weighted by atomic mass is 32.2. The van der Waals surface area contributed by atoms with E-state index in [9.17, 15) is 0 Å². The van der Waals surface area contributed by atoms with E-state index in [1.54, 1.807) is 23.1 Å². The Kier molecular flexibility index (Phi) is 6.95. The van der Waals surface area contributed by atoms with E-state index in [2.05, 4.69) is 113 Å². The first-order valence-corrected chi connectivity index (χ1v) is 17.2. The Bertz CT molecular complexity index is 2240. The predicted octanol–water partition coefficient (Wildman–Crippen LogP) is 10.2. The fraction of sp³-hybridized carbons (Fsp3) is 0.0513. The maximum atomic E-state index is 5.33. The van der Waals surface area contributed by atoms with Gasteiger partial charge in [0.15, 0.2) is 0 Å². The molecule has 0 fully saturated rings. The fourth-order valence-corrected chi connectivity index (χ4v) is 8.00. The van der Waals surface area contributed by atoms with Crippen LogP contribution in [-0.2, 0) is 0 Å². The third-order valence-corrected chi connectivity index (χ3v) is 10.5. The Morgan fingerprint density at radius 1 is 0.681 bits per heavy atom. The summed E-state index contributed by atoms with van der Waals surface area (Å²) >= 11 is 3.42. The van der Waals surface area contributed by atoms with E-state index in [0.29, 0.717) is 6.42 Å².